The monoisotopic (exact) mass is 455 g/mol. The number of hydrogen-bond donors (Lipinski definition) is 1. The molecule has 2 atom stereocenters. The maximum absolute atomic E-state index is 13.4. The van der Waals surface area contributed by atoms with Crippen molar-refractivity contribution in [3.05, 3.63) is 89.1 Å². The summed E-state index contributed by atoms with van der Waals surface area (Å²) in [5, 5.41) is 8.29. The molecule has 32 heavy (non-hydrogen) atoms. The van der Waals surface area contributed by atoms with Crippen LogP contribution in [0.4, 0.5) is 8.78 Å². The Morgan fingerprint density at radius 2 is 1.69 bits per heavy atom. The average molecular weight is 456 g/mol. The van der Waals surface area contributed by atoms with Crippen LogP contribution in [0.25, 0.3) is 16.6 Å². The molecule has 0 fully saturated rings. The highest BCUT2D eigenvalue weighted by atomic mass is 35.5. The number of rotatable bonds is 6. The fourth-order valence-corrected chi connectivity index (χ4v) is 3.75. The number of carbonyl (C=O) groups excluding carboxylic acids is 1. The Morgan fingerprint density at radius 3 is 2.31 bits per heavy atom. The molecule has 164 valence electrons. The number of fused-ring (bicyclic) bond motifs is 1. The predicted molar refractivity (Wildman–Crippen MR) is 119 cm³/mol. The molecule has 0 saturated carbocycles. The van der Waals surface area contributed by atoms with E-state index in [1.807, 2.05) is 0 Å². The normalized spacial score (nSPS) is 13.0. The molecular formula is C24H20ClF2N3O2. The zero-order valence-electron chi connectivity index (χ0n) is 17.4. The number of nitrogens with one attached hydrogen (secondary N) is 1. The summed E-state index contributed by atoms with van der Waals surface area (Å²) < 4.78 is 34.6. The summed E-state index contributed by atoms with van der Waals surface area (Å²) in [6.07, 6.45) is 1.05. The van der Waals surface area contributed by atoms with Crippen molar-refractivity contribution >= 4 is 28.4 Å². The van der Waals surface area contributed by atoms with E-state index in [-0.39, 0.29) is 17.5 Å². The van der Waals surface area contributed by atoms with Gasteiger partial charge >= 0.3 is 0 Å². The molecule has 0 radical (unpaired) electrons. The van der Waals surface area contributed by atoms with Gasteiger partial charge in [0.1, 0.15) is 23.5 Å². The lowest BCUT2D eigenvalue weighted by Crippen LogP contribution is -2.38. The van der Waals surface area contributed by atoms with Gasteiger partial charge in [0.2, 0.25) is 5.91 Å². The van der Waals surface area contributed by atoms with Gasteiger partial charge in [0.25, 0.3) is 0 Å². The van der Waals surface area contributed by atoms with Gasteiger partial charge in [-0.1, -0.05) is 23.7 Å². The number of hydrogen-bond acceptors (Lipinski definition) is 3. The van der Waals surface area contributed by atoms with Crippen LogP contribution in [0.2, 0.25) is 5.02 Å². The molecule has 1 heterocycles. The molecule has 1 N–H and O–H groups in total. The average Bonchev–Trinajstić information content (AvgIpc) is 3.15. The van der Waals surface area contributed by atoms with Crippen LogP contribution in [-0.4, -0.2) is 21.7 Å². The minimum atomic E-state index is -0.610. The van der Waals surface area contributed by atoms with Crippen LogP contribution in [0.15, 0.2) is 66.9 Å². The number of benzene rings is 3. The molecule has 5 nitrogen and oxygen atoms in total. The molecule has 4 rings (SSSR count). The van der Waals surface area contributed by atoms with Gasteiger partial charge in [-0.2, -0.15) is 5.10 Å². The van der Waals surface area contributed by atoms with E-state index in [0.29, 0.717) is 22.0 Å². The largest absolute Gasteiger partial charge is 0.482 e. The van der Waals surface area contributed by atoms with Crippen molar-refractivity contribution in [1.82, 2.24) is 15.1 Å². The van der Waals surface area contributed by atoms with E-state index in [2.05, 4.69) is 10.4 Å². The van der Waals surface area contributed by atoms with Crippen LogP contribution < -0.4 is 10.1 Å². The molecule has 2 unspecified atom stereocenters. The van der Waals surface area contributed by atoms with Gasteiger partial charge in [-0.3, -0.25) is 4.79 Å². The fraction of sp³-hybridized carbons (Fsp3) is 0.167. The summed E-state index contributed by atoms with van der Waals surface area (Å²) in [4.78, 5) is 11.6. The number of halogens is 3. The lowest BCUT2D eigenvalue weighted by Gasteiger charge is -2.26. The maximum atomic E-state index is 13.4. The third-order valence-electron chi connectivity index (χ3n) is 5.03. The number of nitrogens with zero attached hydrogens (tertiary/aromatic N) is 2. The molecular weight excluding hydrogens is 436 g/mol. The molecule has 1 aromatic heterocycles. The first-order valence-electron chi connectivity index (χ1n) is 9.94. The standard InChI is InChI=1S/C24H20ClF2N3O2/c1-14(29-15(2)31)24(16-3-5-18(26)6-4-16)32-23-11-17-13-28-30(22(17)12-21(23)25)20-9-7-19(27)8-10-20/h3-14,24H,1-2H3,(H,29,31). The first kappa shape index (κ1) is 21.8. The maximum Gasteiger partial charge on any atom is 0.217 e. The number of ether oxygens (including phenoxy) is 1. The van der Waals surface area contributed by atoms with Crippen LogP contribution in [0.5, 0.6) is 5.75 Å². The molecule has 0 saturated heterocycles. The Labute approximate surface area is 188 Å². The van der Waals surface area contributed by atoms with Crippen molar-refractivity contribution in [2.45, 2.75) is 26.0 Å². The van der Waals surface area contributed by atoms with Crippen molar-refractivity contribution in [3.63, 3.8) is 0 Å². The SMILES string of the molecule is CC(=O)NC(C)C(Oc1cc2cnn(-c3ccc(F)cc3)c2cc1Cl)c1ccc(F)cc1. The van der Waals surface area contributed by atoms with Crippen molar-refractivity contribution < 1.29 is 18.3 Å². The van der Waals surface area contributed by atoms with Crippen molar-refractivity contribution in [2.24, 2.45) is 0 Å². The molecule has 8 heteroatoms. The lowest BCUT2D eigenvalue weighted by molar-refractivity contribution is -0.120. The van der Waals surface area contributed by atoms with E-state index in [9.17, 15) is 13.6 Å². The summed E-state index contributed by atoms with van der Waals surface area (Å²) in [6, 6.07) is 14.9. The Hall–Kier alpha value is -3.45. The van der Waals surface area contributed by atoms with Crippen LogP contribution in [-0.2, 0) is 4.79 Å². The molecule has 0 aliphatic carbocycles. The van der Waals surface area contributed by atoms with E-state index in [1.165, 1.54) is 31.2 Å². The molecule has 0 bridgehead atoms. The Bertz CT molecular complexity index is 1260. The highest BCUT2D eigenvalue weighted by Gasteiger charge is 2.24. The highest BCUT2D eigenvalue weighted by Crippen LogP contribution is 2.35. The minimum absolute atomic E-state index is 0.213. The van der Waals surface area contributed by atoms with Crippen LogP contribution in [0.1, 0.15) is 25.5 Å². The minimum Gasteiger partial charge on any atom is -0.482 e. The van der Waals surface area contributed by atoms with Gasteiger partial charge in [0.15, 0.2) is 0 Å². The molecule has 4 aromatic rings. The van der Waals surface area contributed by atoms with Gasteiger partial charge < -0.3 is 10.1 Å². The van der Waals surface area contributed by atoms with Gasteiger partial charge in [-0.15, -0.1) is 0 Å². The third-order valence-corrected chi connectivity index (χ3v) is 5.33. The van der Waals surface area contributed by atoms with Gasteiger partial charge in [0, 0.05) is 12.3 Å². The Balaban J connectivity index is 1.70. The highest BCUT2D eigenvalue weighted by molar-refractivity contribution is 6.32. The zero-order chi connectivity index (χ0) is 22.8. The summed E-state index contributed by atoms with van der Waals surface area (Å²) in [5.74, 6) is -0.522. The van der Waals surface area contributed by atoms with Gasteiger partial charge in [0.05, 0.1) is 28.5 Å². The van der Waals surface area contributed by atoms with Crippen LogP contribution >= 0.6 is 11.6 Å². The second-order valence-electron chi connectivity index (χ2n) is 7.45. The van der Waals surface area contributed by atoms with E-state index >= 15 is 0 Å². The Morgan fingerprint density at radius 1 is 1.06 bits per heavy atom. The second kappa shape index (κ2) is 8.96. The summed E-state index contributed by atoms with van der Waals surface area (Å²) in [5.41, 5.74) is 2.10. The summed E-state index contributed by atoms with van der Waals surface area (Å²) >= 11 is 6.54. The van der Waals surface area contributed by atoms with E-state index in [0.717, 1.165) is 10.9 Å². The number of carbonyl (C=O) groups is 1. The summed E-state index contributed by atoms with van der Waals surface area (Å²) in [7, 11) is 0. The third kappa shape index (κ3) is 4.57. The van der Waals surface area contributed by atoms with E-state index in [4.69, 9.17) is 16.3 Å². The first-order valence-corrected chi connectivity index (χ1v) is 10.3. The second-order valence-corrected chi connectivity index (χ2v) is 7.86. The smallest absolute Gasteiger partial charge is 0.217 e. The van der Waals surface area contributed by atoms with Crippen LogP contribution in [0, 0.1) is 11.6 Å². The lowest BCUT2D eigenvalue weighted by atomic mass is 10.0. The molecule has 1 amide bonds. The number of amides is 1. The molecule has 3 aromatic carbocycles. The van der Waals surface area contributed by atoms with Crippen molar-refractivity contribution in [3.8, 4) is 11.4 Å². The van der Waals surface area contributed by atoms with Gasteiger partial charge in [-0.05, 0) is 61.0 Å². The summed E-state index contributed by atoms with van der Waals surface area (Å²) in [6.45, 7) is 3.22. The first-order chi connectivity index (χ1) is 15.3. The topological polar surface area (TPSA) is 56.1 Å². The van der Waals surface area contributed by atoms with E-state index < -0.39 is 12.1 Å². The number of aromatic nitrogens is 2. The Kier molecular flexibility index (Phi) is 6.10. The van der Waals surface area contributed by atoms with Crippen molar-refractivity contribution in [1.29, 1.82) is 0 Å². The van der Waals surface area contributed by atoms with Crippen molar-refractivity contribution in [2.75, 3.05) is 0 Å². The van der Waals surface area contributed by atoms with Crippen LogP contribution in [0.3, 0.4) is 0 Å². The quantitative estimate of drug-likeness (QED) is 0.411. The van der Waals surface area contributed by atoms with Gasteiger partial charge in [-0.25, -0.2) is 13.5 Å². The molecule has 0 aliphatic rings. The van der Waals surface area contributed by atoms with E-state index in [1.54, 1.807) is 54.2 Å². The molecule has 0 aliphatic heterocycles. The zero-order valence-corrected chi connectivity index (χ0v) is 18.1. The fourth-order valence-electron chi connectivity index (χ4n) is 3.55. The molecule has 0 spiro atoms. The predicted octanol–water partition coefficient (Wildman–Crippen LogP) is 5.60.